The molecule has 140 valence electrons. The van der Waals surface area contributed by atoms with E-state index in [-0.39, 0.29) is 10.8 Å². The minimum atomic E-state index is -0.257. The third-order valence-corrected chi connectivity index (χ3v) is 7.38. The summed E-state index contributed by atoms with van der Waals surface area (Å²) in [5.41, 5.74) is 2.34. The predicted molar refractivity (Wildman–Crippen MR) is 104 cm³/mol. The Labute approximate surface area is 161 Å². The number of rotatable bonds is 3. The normalized spacial score (nSPS) is 27.0. The zero-order valence-corrected chi connectivity index (χ0v) is 15.8. The summed E-state index contributed by atoms with van der Waals surface area (Å²) in [5, 5.41) is 0. The van der Waals surface area contributed by atoms with Crippen molar-refractivity contribution in [2.24, 2.45) is 5.41 Å². The SMILES string of the molecule is O=C(N1CCC(c2ccncn2)CC1)[C@]1(c2ccccc2)CC12CCCC2. The third kappa shape index (κ3) is 2.60. The lowest BCUT2D eigenvalue weighted by molar-refractivity contribution is -0.136. The van der Waals surface area contributed by atoms with Crippen molar-refractivity contribution in [1.82, 2.24) is 14.9 Å². The second-order valence-electron chi connectivity index (χ2n) is 8.64. The number of hydrogen-bond acceptors (Lipinski definition) is 3. The van der Waals surface area contributed by atoms with Crippen LogP contribution < -0.4 is 0 Å². The molecule has 2 heterocycles. The Hall–Kier alpha value is -2.23. The van der Waals surface area contributed by atoms with Gasteiger partial charge in [-0.15, -0.1) is 0 Å². The summed E-state index contributed by atoms with van der Waals surface area (Å²) in [6.07, 6.45) is 11.5. The molecule has 1 aromatic carbocycles. The van der Waals surface area contributed by atoms with E-state index in [4.69, 9.17) is 0 Å². The van der Waals surface area contributed by atoms with Crippen LogP contribution in [0.5, 0.6) is 0 Å². The van der Waals surface area contributed by atoms with Gasteiger partial charge in [-0.2, -0.15) is 0 Å². The molecule has 1 aromatic heterocycles. The van der Waals surface area contributed by atoms with E-state index in [1.807, 2.05) is 12.3 Å². The minimum Gasteiger partial charge on any atom is -0.342 e. The number of nitrogens with zero attached hydrogens (tertiary/aromatic N) is 3. The number of amides is 1. The lowest BCUT2D eigenvalue weighted by Crippen LogP contribution is -2.45. The standard InChI is InChI=1S/C23H27N3O/c27-21(26-14-9-18(10-15-26)20-8-13-24-17-25-20)23(19-6-2-1-3-7-19)16-22(23)11-4-5-12-22/h1-3,6-8,13,17-18H,4-5,9-12,14-16H2/t23-/m1/s1. The van der Waals surface area contributed by atoms with Crippen LogP contribution in [0.4, 0.5) is 0 Å². The molecule has 2 aliphatic carbocycles. The largest absolute Gasteiger partial charge is 0.342 e. The predicted octanol–water partition coefficient (Wildman–Crippen LogP) is 4.08. The zero-order chi connectivity index (χ0) is 18.3. The molecule has 3 aliphatic rings. The summed E-state index contributed by atoms with van der Waals surface area (Å²) in [5.74, 6) is 0.834. The maximum Gasteiger partial charge on any atom is 0.233 e. The highest BCUT2D eigenvalue weighted by molar-refractivity contribution is 5.93. The smallest absolute Gasteiger partial charge is 0.233 e. The molecule has 0 radical (unpaired) electrons. The first-order valence-corrected chi connectivity index (χ1v) is 10.4. The van der Waals surface area contributed by atoms with Gasteiger partial charge in [0.05, 0.1) is 5.41 Å². The fourth-order valence-corrected chi connectivity index (χ4v) is 5.87. The average Bonchev–Trinajstić information content (AvgIpc) is 3.15. The Bertz CT molecular complexity index is 808. The van der Waals surface area contributed by atoms with Gasteiger partial charge in [0, 0.05) is 30.9 Å². The highest BCUT2D eigenvalue weighted by Gasteiger charge is 2.73. The van der Waals surface area contributed by atoms with Gasteiger partial charge in [-0.3, -0.25) is 4.79 Å². The topological polar surface area (TPSA) is 46.1 Å². The van der Waals surface area contributed by atoms with Gasteiger partial charge in [-0.05, 0) is 49.1 Å². The van der Waals surface area contributed by atoms with E-state index >= 15 is 0 Å². The summed E-state index contributed by atoms with van der Waals surface area (Å²) in [6, 6.07) is 12.6. The quantitative estimate of drug-likeness (QED) is 0.827. The lowest BCUT2D eigenvalue weighted by atomic mass is 9.82. The van der Waals surface area contributed by atoms with Crippen LogP contribution in [0, 0.1) is 5.41 Å². The van der Waals surface area contributed by atoms with E-state index in [0.29, 0.717) is 11.8 Å². The van der Waals surface area contributed by atoms with E-state index < -0.39 is 0 Å². The first-order valence-electron chi connectivity index (χ1n) is 10.4. The van der Waals surface area contributed by atoms with Gasteiger partial charge in [-0.25, -0.2) is 9.97 Å². The number of carbonyl (C=O) groups excluding carboxylic acids is 1. The monoisotopic (exact) mass is 361 g/mol. The van der Waals surface area contributed by atoms with E-state index in [1.165, 1.54) is 31.2 Å². The van der Waals surface area contributed by atoms with Gasteiger partial charge in [0.25, 0.3) is 0 Å². The van der Waals surface area contributed by atoms with Crippen LogP contribution in [0.15, 0.2) is 48.9 Å². The molecule has 27 heavy (non-hydrogen) atoms. The van der Waals surface area contributed by atoms with Crippen molar-refractivity contribution in [3.05, 3.63) is 60.2 Å². The van der Waals surface area contributed by atoms with Crippen LogP contribution in [0.25, 0.3) is 0 Å². The molecule has 4 nitrogen and oxygen atoms in total. The van der Waals surface area contributed by atoms with Crippen LogP contribution in [0.3, 0.4) is 0 Å². The number of aromatic nitrogens is 2. The molecule has 1 saturated heterocycles. The maximum atomic E-state index is 13.8. The second-order valence-corrected chi connectivity index (χ2v) is 8.64. The number of carbonyl (C=O) groups is 1. The highest BCUT2D eigenvalue weighted by Crippen LogP contribution is 2.72. The van der Waals surface area contributed by atoms with E-state index in [9.17, 15) is 4.79 Å². The van der Waals surface area contributed by atoms with Crippen molar-refractivity contribution in [3.8, 4) is 0 Å². The van der Waals surface area contributed by atoms with Crippen molar-refractivity contribution >= 4 is 5.91 Å². The van der Waals surface area contributed by atoms with E-state index in [2.05, 4.69) is 45.2 Å². The minimum absolute atomic E-state index is 0.231. The zero-order valence-electron chi connectivity index (χ0n) is 15.8. The molecule has 1 atom stereocenters. The Balaban J connectivity index is 1.36. The van der Waals surface area contributed by atoms with Gasteiger partial charge in [0.15, 0.2) is 0 Å². The fraction of sp³-hybridized carbons (Fsp3) is 0.522. The van der Waals surface area contributed by atoms with E-state index in [1.54, 1.807) is 6.33 Å². The molecule has 0 N–H and O–H groups in total. The molecular weight excluding hydrogens is 334 g/mol. The van der Waals surface area contributed by atoms with Crippen LogP contribution in [-0.4, -0.2) is 33.9 Å². The Morgan fingerprint density at radius 3 is 2.44 bits per heavy atom. The average molecular weight is 361 g/mol. The Morgan fingerprint density at radius 1 is 1.04 bits per heavy atom. The molecule has 4 heteroatoms. The third-order valence-electron chi connectivity index (χ3n) is 7.38. The van der Waals surface area contributed by atoms with Crippen molar-refractivity contribution in [3.63, 3.8) is 0 Å². The molecule has 3 fully saturated rings. The molecule has 0 unspecified atom stereocenters. The van der Waals surface area contributed by atoms with Crippen molar-refractivity contribution in [2.75, 3.05) is 13.1 Å². The number of benzene rings is 1. The lowest BCUT2D eigenvalue weighted by Gasteiger charge is -2.36. The maximum absolute atomic E-state index is 13.8. The van der Waals surface area contributed by atoms with Gasteiger partial charge < -0.3 is 4.90 Å². The molecule has 1 spiro atoms. The van der Waals surface area contributed by atoms with Gasteiger partial charge >= 0.3 is 0 Å². The van der Waals surface area contributed by atoms with Crippen LogP contribution in [0.2, 0.25) is 0 Å². The second kappa shape index (κ2) is 6.43. The Morgan fingerprint density at radius 2 is 1.78 bits per heavy atom. The summed E-state index contributed by atoms with van der Waals surface area (Å²) in [4.78, 5) is 24.4. The van der Waals surface area contributed by atoms with Crippen molar-refractivity contribution in [1.29, 1.82) is 0 Å². The first-order chi connectivity index (χ1) is 13.3. The summed E-state index contributed by atoms with van der Waals surface area (Å²) >= 11 is 0. The van der Waals surface area contributed by atoms with Gasteiger partial charge in [0.1, 0.15) is 6.33 Å². The molecule has 1 aliphatic heterocycles. The van der Waals surface area contributed by atoms with E-state index in [0.717, 1.165) is 38.0 Å². The molecule has 5 rings (SSSR count). The van der Waals surface area contributed by atoms with Crippen molar-refractivity contribution in [2.45, 2.75) is 56.3 Å². The number of piperidine rings is 1. The molecule has 0 bridgehead atoms. The van der Waals surface area contributed by atoms with Gasteiger partial charge in [0.2, 0.25) is 5.91 Å². The fourth-order valence-electron chi connectivity index (χ4n) is 5.87. The number of likely N-dealkylation sites (tertiary alicyclic amines) is 1. The molecule has 1 amide bonds. The van der Waals surface area contributed by atoms with Crippen LogP contribution in [0.1, 0.15) is 62.1 Å². The Kier molecular flexibility index (Phi) is 4.03. The number of hydrogen-bond donors (Lipinski definition) is 0. The summed E-state index contributed by atoms with van der Waals surface area (Å²) in [6.45, 7) is 1.69. The van der Waals surface area contributed by atoms with Crippen LogP contribution >= 0.6 is 0 Å². The molecule has 2 aromatic rings. The van der Waals surface area contributed by atoms with Crippen molar-refractivity contribution < 1.29 is 4.79 Å². The first kappa shape index (κ1) is 16.9. The van der Waals surface area contributed by atoms with Gasteiger partial charge in [-0.1, -0.05) is 43.2 Å². The highest BCUT2D eigenvalue weighted by atomic mass is 16.2. The molecule has 2 saturated carbocycles. The van der Waals surface area contributed by atoms with Crippen LogP contribution in [-0.2, 0) is 10.2 Å². The summed E-state index contributed by atoms with van der Waals surface area (Å²) in [7, 11) is 0. The molecular formula is C23H27N3O. The summed E-state index contributed by atoms with van der Waals surface area (Å²) < 4.78 is 0.